The van der Waals surface area contributed by atoms with Crippen LogP contribution in [-0.4, -0.2) is 17.9 Å². The number of anilines is 1. The van der Waals surface area contributed by atoms with Gasteiger partial charge in [-0.1, -0.05) is 17.7 Å². The third-order valence-electron chi connectivity index (χ3n) is 2.61. The lowest BCUT2D eigenvalue weighted by Crippen LogP contribution is -2.27. The Kier molecular flexibility index (Phi) is 3.58. The first-order valence-electron chi connectivity index (χ1n) is 5.40. The molecule has 0 bridgehead atoms. The zero-order valence-electron chi connectivity index (χ0n) is 9.89. The van der Waals surface area contributed by atoms with Crippen LogP contribution in [0.25, 0.3) is 0 Å². The summed E-state index contributed by atoms with van der Waals surface area (Å²) in [6, 6.07) is 6.83. The maximum Gasteiger partial charge on any atom is 0.257 e. The summed E-state index contributed by atoms with van der Waals surface area (Å²) < 4.78 is 4.96. The summed E-state index contributed by atoms with van der Waals surface area (Å²) in [7, 11) is 1.69. The Balaban J connectivity index is 2.21. The summed E-state index contributed by atoms with van der Waals surface area (Å²) >= 11 is 6.00. The predicted molar refractivity (Wildman–Crippen MR) is 70.4 cm³/mol. The molecule has 0 aliphatic heterocycles. The van der Waals surface area contributed by atoms with Gasteiger partial charge in [0.15, 0.2) is 0 Å². The molecule has 0 aliphatic carbocycles. The van der Waals surface area contributed by atoms with Crippen LogP contribution in [0.3, 0.4) is 0 Å². The van der Waals surface area contributed by atoms with Gasteiger partial charge in [-0.25, -0.2) is 0 Å². The molecule has 0 spiro atoms. The maximum atomic E-state index is 12.2. The van der Waals surface area contributed by atoms with Crippen molar-refractivity contribution in [3.8, 4) is 0 Å². The number of nitrogen functional groups attached to an aromatic ring is 1. The second-order valence-corrected chi connectivity index (χ2v) is 4.40. The maximum absolute atomic E-state index is 12.2. The molecular weight excluding hydrogens is 252 g/mol. The van der Waals surface area contributed by atoms with Gasteiger partial charge in [-0.15, -0.1) is 0 Å². The van der Waals surface area contributed by atoms with E-state index >= 15 is 0 Å². The Labute approximate surface area is 110 Å². The lowest BCUT2D eigenvalue weighted by Gasteiger charge is -2.18. The first kappa shape index (κ1) is 12.5. The molecule has 1 aromatic carbocycles. The minimum Gasteiger partial charge on any atom is -0.472 e. The molecule has 1 aromatic heterocycles. The largest absolute Gasteiger partial charge is 0.472 e. The molecule has 4 nitrogen and oxygen atoms in total. The van der Waals surface area contributed by atoms with Crippen molar-refractivity contribution in [2.45, 2.75) is 6.54 Å². The highest BCUT2D eigenvalue weighted by Gasteiger charge is 2.18. The highest BCUT2D eigenvalue weighted by Crippen LogP contribution is 2.23. The van der Waals surface area contributed by atoms with Gasteiger partial charge in [0, 0.05) is 24.8 Å². The molecule has 0 saturated heterocycles. The number of nitrogens with zero attached hydrogens (tertiary/aromatic N) is 1. The smallest absolute Gasteiger partial charge is 0.257 e. The van der Waals surface area contributed by atoms with E-state index in [4.69, 9.17) is 21.8 Å². The van der Waals surface area contributed by atoms with E-state index in [0.717, 1.165) is 5.56 Å². The first-order valence-corrected chi connectivity index (χ1v) is 5.78. The Bertz CT molecular complexity index is 532. The second-order valence-electron chi connectivity index (χ2n) is 4.00. The number of rotatable bonds is 3. The van der Waals surface area contributed by atoms with Crippen LogP contribution in [0.15, 0.2) is 41.2 Å². The molecule has 2 rings (SSSR count). The Morgan fingerprint density at radius 3 is 2.83 bits per heavy atom. The van der Waals surface area contributed by atoms with Gasteiger partial charge in [-0.2, -0.15) is 0 Å². The molecule has 1 heterocycles. The van der Waals surface area contributed by atoms with E-state index in [1.807, 2.05) is 0 Å². The summed E-state index contributed by atoms with van der Waals surface area (Å²) in [5.41, 5.74) is 7.42. The van der Waals surface area contributed by atoms with Gasteiger partial charge in [-0.3, -0.25) is 4.79 Å². The zero-order valence-corrected chi connectivity index (χ0v) is 10.6. The molecule has 5 heteroatoms. The summed E-state index contributed by atoms with van der Waals surface area (Å²) in [6.07, 6.45) is 3.16. The van der Waals surface area contributed by atoms with Crippen LogP contribution in [0.5, 0.6) is 0 Å². The average Bonchev–Trinajstić information content (AvgIpc) is 2.81. The fraction of sp³-hybridized carbons (Fsp3) is 0.154. The Morgan fingerprint density at radius 2 is 2.22 bits per heavy atom. The molecule has 94 valence electrons. The lowest BCUT2D eigenvalue weighted by molar-refractivity contribution is 0.0786. The number of halogens is 1. The van der Waals surface area contributed by atoms with Crippen LogP contribution in [0, 0.1) is 0 Å². The van der Waals surface area contributed by atoms with Crippen molar-refractivity contribution in [2.75, 3.05) is 12.8 Å². The summed E-state index contributed by atoms with van der Waals surface area (Å²) in [6.45, 7) is 0.444. The molecule has 18 heavy (non-hydrogen) atoms. The van der Waals surface area contributed by atoms with Gasteiger partial charge in [0.2, 0.25) is 0 Å². The molecule has 0 unspecified atom stereocenters. The number of carbonyl (C=O) groups excluding carboxylic acids is 1. The van der Waals surface area contributed by atoms with E-state index in [-0.39, 0.29) is 5.91 Å². The van der Waals surface area contributed by atoms with Crippen molar-refractivity contribution in [1.82, 2.24) is 4.90 Å². The van der Waals surface area contributed by atoms with Crippen LogP contribution in [-0.2, 0) is 6.54 Å². The van der Waals surface area contributed by atoms with Crippen molar-refractivity contribution in [3.05, 3.63) is 52.9 Å². The Morgan fingerprint density at radius 1 is 1.44 bits per heavy atom. The highest BCUT2D eigenvalue weighted by molar-refractivity contribution is 6.34. The third kappa shape index (κ3) is 2.49. The number of hydrogen-bond donors (Lipinski definition) is 1. The van der Waals surface area contributed by atoms with Crippen LogP contribution in [0.2, 0.25) is 5.02 Å². The Hall–Kier alpha value is -1.94. The van der Waals surface area contributed by atoms with E-state index in [0.29, 0.717) is 22.8 Å². The first-order chi connectivity index (χ1) is 8.59. The standard InChI is InChI=1S/C13H13ClN2O2/c1-16(7-9-5-6-18-8-9)13(17)12-10(14)3-2-4-11(12)15/h2-6,8H,7,15H2,1H3. The highest BCUT2D eigenvalue weighted by atomic mass is 35.5. The second kappa shape index (κ2) is 5.14. The molecular formula is C13H13ClN2O2. The summed E-state index contributed by atoms with van der Waals surface area (Å²) in [4.78, 5) is 13.8. The quantitative estimate of drug-likeness (QED) is 0.867. The van der Waals surface area contributed by atoms with Gasteiger partial charge < -0.3 is 15.1 Å². The van der Waals surface area contributed by atoms with Crippen molar-refractivity contribution in [3.63, 3.8) is 0 Å². The van der Waals surface area contributed by atoms with Gasteiger partial charge in [-0.05, 0) is 18.2 Å². The molecule has 0 atom stereocenters. The van der Waals surface area contributed by atoms with E-state index in [2.05, 4.69) is 0 Å². The number of benzene rings is 1. The minimum absolute atomic E-state index is 0.209. The molecule has 0 aliphatic rings. The molecule has 0 fully saturated rings. The van der Waals surface area contributed by atoms with E-state index in [1.165, 1.54) is 0 Å². The van der Waals surface area contributed by atoms with Gasteiger partial charge >= 0.3 is 0 Å². The number of furan rings is 1. The van der Waals surface area contributed by atoms with Crippen LogP contribution in [0.1, 0.15) is 15.9 Å². The summed E-state index contributed by atoms with van der Waals surface area (Å²) in [5.74, 6) is -0.209. The third-order valence-corrected chi connectivity index (χ3v) is 2.92. The van der Waals surface area contributed by atoms with E-state index in [9.17, 15) is 4.79 Å². The number of nitrogens with two attached hydrogens (primary N) is 1. The fourth-order valence-corrected chi connectivity index (χ4v) is 1.95. The van der Waals surface area contributed by atoms with Crippen molar-refractivity contribution in [2.24, 2.45) is 0 Å². The van der Waals surface area contributed by atoms with E-state index in [1.54, 1.807) is 48.7 Å². The monoisotopic (exact) mass is 264 g/mol. The molecule has 2 aromatic rings. The fourth-order valence-electron chi connectivity index (χ4n) is 1.69. The SMILES string of the molecule is CN(Cc1ccoc1)C(=O)c1c(N)cccc1Cl. The zero-order chi connectivity index (χ0) is 13.1. The van der Waals surface area contributed by atoms with E-state index < -0.39 is 0 Å². The van der Waals surface area contributed by atoms with Crippen LogP contribution in [0.4, 0.5) is 5.69 Å². The number of hydrogen-bond acceptors (Lipinski definition) is 3. The normalized spacial score (nSPS) is 10.3. The molecule has 2 N–H and O–H groups in total. The van der Waals surface area contributed by atoms with Crippen molar-refractivity contribution in [1.29, 1.82) is 0 Å². The van der Waals surface area contributed by atoms with Gasteiger partial charge in [0.1, 0.15) is 0 Å². The van der Waals surface area contributed by atoms with Gasteiger partial charge in [0.25, 0.3) is 5.91 Å². The van der Waals surface area contributed by atoms with Gasteiger partial charge in [0.05, 0.1) is 23.1 Å². The van der Waals surface area contributed by atoms with Crippen LogP contribution < -0.4 is 5.73 Å². The predicted octanol–water partition coefficient (Wildman–Crippen LogP) is 2.79. The molecule has 0 radical (unpaired) electrons. The minimum atomic E-state index is -0.209. The average molecular weight is 265 g/mol. The topological polar surface area (TPSA) is 59.5 Å². The lowest BCUT2D eigenvalue weighted by atomic mass is 10.1. The van der Waals surface area contributed by atoms with Crippen LogP contribution >= 0.6 is 11.6 Å². The van der Waals surface area contributed by atoms with Crippen molar-refractivity contribution >= 4 is 23.2 Å². The summed E-state index contributed by atoms with van der Waals surface area (Å²) in [5, 5.41) is 0.360. The molecule has 0 saturated carbocycles. The molecule has 1 amide bonds. The number of amides is 1. The number of carbonyl (C=O) groups is 1. The van der Waals surface area contributed by atoms with Crippen molar-refractivity contribution < 1.29 is 9.21 Å².